The molecule has 5 heteroatoms. The van der Waals surface area contributed by atoms with Gasteiger partial charge in [0.15, 0.2) is 0 Å². The number of halogens is 1. The molecule has 1 aliphatic rings. The normalized spacial score (nSPS) is 22.4. The van der Waals surface area contributed by atoms with Gasteiger partial charge in [0.25, 0.3) is 0 Å². The van der Waals surface area contributed by atoms with Crippen LogP contribution in [0.25, 0.3) is 10.9 Å². The fourth-order valence-electron chi connectivity index (χ4n) is 2.83. The van der Waals surface area contributed by atoms with Crippen molar-refractivity contribution in [2.24, 2.45) is 0 Å². The molecule has 0 spiro atoms. The Labute approximate surface area is 115 Å². The Morgan fingerprint density at radius 3 is 3.11 bits per heavy atom. The van der Waals surface area contributed by atoms with E-state index in [1.807, 2.05) is 25.1 Å². The molecule has 0 saturated carbocycles. The van der Waals surface area contributed by atoms with Crippen molar-refractivity contribution in [2.45, 2.75) is 25.4 Å². The highest BCUT2D eigenvalue weighted by Gasteiger charge is 2.38. The van der Waals surface area contributed by atoms with E-state index in [9.17, 15) is 4.79 Å². The molecule has 0 radical (unpaired) electrons. The number of H-pyrrole nitrogens is 1. The highest BCUT2D eigenvalue weighted by molar-refractivity contribution is 6.35. The summed E-state index contributed by atoms with van der Waals surface area (Å²) in [5.41, 5.74) is 2.00. The molecule has 1 aromatic heterocycles. The summed E-state index contributed by atoms with van der Waals surface area (Å²) in [6.07, 6.45) is 0.704. The quantitative estimate of drug-likeness (QED) is 0.888. The van der Waals surface area contributed by atoms with Gasteiger partial charge in [0, 0.05) is 5.39 Å². The van der Waals surface area contributed by atoms with Gasteiger partial charge in [0.05, 0.1) is 29.3 Å². The molecule has 0 amide bonds. The first-order valence-corrected chi connectivity index (χ1v) is 6.54. The SMILES string of the molecule is CC1(CC(=O)O)OCCc2c1[nH]c1c(Cl)cccc21. The Morgan fingerprint density at radius 1 is 1.58 bits per heavy atom. The highest BCUT2D eigenvalue weighted by atomic mass is 35.5. The molecule has 1 aromatic carbocycles. The third-order valence-corrected chi connectivity index (χ3v) is 4.00. The summed E-state index contributed by atoms with van der Waals surface area (Å²) in [5.74, 6) is -0.875. The molecule has 0 aliphatic carbocycles. The van der Waals surface area contributed by atoms with Gasteiger partial charge >= 0.3 is 5.97 Å². The number of carbonyl (C=O) groups is 1. The average molecular weight is 280 g/mol. The van der Waals surface area contributed by atoms with Gasteiger partial charge in [-0.3, -0.25) is 4.79 Å². The van der Waals surface area contributed by atoms with Crippen LogP contribution in [0.5, 0.6) is 0 Å². The summed E-state index contributed by atoms with van der Waals surface area (Å²) < 4.78 is 5.72. The van der Waals surface area contributed by atoms with Crippen molar-refractivity contribution in [2.75, 3.05) is 6.61 Å². The first-order chi connectivity index (χ1) is 9.01. The zero-order valence-electron chi connectivity index (χ0n) is 10.5. The lowest BCUT2D eigenvalue weighted by Gasteiger charge is -2.32. The van der Waals surface area contributed by atoms with Crippen LogP contribution in [0.4, 0.5) is 0 Å². The third kappa shape index (κ3) is 1.91. The summed E-state index contributed by atoms with van der Waals surface area (Å²) >= 11 is 6.19. The molecule has 100 valence electrons. The lowest BCUT2D eigenvalue weighted by Crippen LogP contribution is -2.34. The van der Waals surface area contributed by atoms with Crippen LogP contribution in [0.1, 0.15) is 24.6 Å². The number of carboxylic acids is 1. The maximum Gasteiger partial charge on any atom is 0.306 e. The minimum atomic E-state index is -0.875. The van der Waals surface area contributed by atoms with Crippen molar-refractivity contribution in [1.29, 1.82) is 0 Å². The van der Waals surface area contributed by atoms with Gasteiger partial charge in [-0.1, -0.05) is 23.7 Å². The predicted molar refractivity (Wildman–Crippen MR) is 72.6 cm³/mol. The van der Waals surface area contributed by atoms with E-state index in [2.05, 4.69) is 4.98 Å². The molecule has 2 N–H and O–H groups in total. The van der Waals surface area contributed by atoms with Gasteiger partial charge < -0.3 is 14.8 Å². The van der Waals surface area contributed by atoms with E-state index < -0.39 is 11.6 Å². The van der Waals surface area contributed by atoms with Crippen molar-refractivity contribution >= 4 is 28.5 Å². The Kier molecular flexibility index (Phi) is 2.80. The van der Waals surface area contributed by atoms with E-state index in [1.165, 1.54) is 0 Å². The van der Waals surface area contributed by atoms with E-state index in [-0.39, 0.29) is 6.42 Å². The summed E-state index contributed by atoms with van der Waals surface area (Å²) in [4.78, 5) is 14.3. The second-order valence-corrected chi connectivity index (χ2v) is 5.45. The van der Waals surface area contributed by atoms with E-state index >= 15 is 0 Å². The van der Waals surface area contributed by atoms with Crippen LogP contribution in [0, 0.1) is 0 Å². The van der Waals surface area contributed by atoms with Gasteiger partial charge in [-0.25, -0.2) is 0 Å². The first kappa shape index (κ1) is 12.5. The molecule has 4 nitrogen and oxygen atoms in total. The molecule has 0 bridgehead atoms. The van der Waals surface area contributed by atoms with Crippen LogP contribution in [-0.4, -0.2) is 22.7 Å². The standard InChI is InChI=1S/C14H14ClNO3/c1-14(7-11(17)18)13-9(5-6-19-14)8-3-2-4-10(15)12(8)16-13/h2-4,16H,5-7H2,1H3,(H,17,18). The van der Waals surface area contributed by atoms with Crippen molar-refractivity contribution in [1.82, 2.24) is 4.98 Å². The van der Waals surface area contributed by atoms with Crippen molar-refractivity contribution in [3.05, 3.63) is 34.5 Å². The van der Waals surface area contributed by atoms with Gasteiger partial charge in [0.2, 0.25) is 0 Å². The van der Waals surface area contributed by atoms with E-state index in [4.69, 9.17) is 21.4 Å². The number of fused-ring (bicyclic) bond motifs is 3. The summed E-state index contributed by atoms with van der Waals surface area (Å²) in [5, 5.41) is 10.8. The van der Waals surface area contributed by atoms with E-state index in [0.29, 0.717) is 11.6 Å². The molecule has 19 heavy (non-hydrogen) atoms. The van der Waals surface area contributed by atoms with Gasteiger partial charge in [0.1, 0.15) is 5.60 Å². The zero-order valence-corrected chi connectivity index (χ0v) is 11.3. The first-order valence-electron chi connectivity index (χ1n) is 6.16. The second kappa shape index (κ2) is 4.25. The fraction of sp³-hybridized carbons (Fsp3) is 0.357. The number of para-hydroxylation sites is 1. The number of rotatable bonds is 2. The number of benzene rings is 1. The van der Waals surface area contributed by atoms with Crippen LogP contribution in [0.2, 0.25) is 5.02 Å². The highest BCUT2D eigenvalue weighted by Crippen LogP contribution is 2.40. The van der Waals surface area contributed by atoms with Crippen molar-refractivity contribution in [3.63, 3.8) is 0 Å². The number of aliphatic carboxylic acids is 1. The number of hydrogen-bond donors (Lipinski definition) is 2. The molecule has 2 aromatic rings. The molecule has 0 saturated heterocycles. The minimum absolute atomic E-state index is 0.0650. The summed E-state index contributed by atoms with van der Waals surface area (Å²) in [6, 6.07) is 5.73. The van der Waals surface area contributed by atoms with Gasteiger partial charge in [-0.2, -0.15) is 0 Å². The van der Waals surface area contributed by atoms with Crippen LogP contribution in [0.3, 0.4) is 0 Å². The Balaban J connectivity index is 2.23. The monoisotopic (exact) mass is 279 g/mol. The minimum Gasteiger partial charge on any atom is -0.481 e. The Hall–Kier alpha value is -1.52. The predicted octanol–water partition coefficient (Wildman–Crippen LogP) is 3.08. The number of aromatic nitrogens is 1. The lowest BCUT2D eigenvalue weighted by atomic mass is 9.90. The molecule has 1 atom stereocenters. The molecule has 0 fully saturated rings. The second-order valence-electron chi connectivity index (χ2n) is 5.04. The Bertz CT molecular complexity index is 664. The molecule has 1 unspecified atom stereocenters. The average Bonchev–Trinajstić information content (AvgIpc) is 2.70. The maximum absolute atomic E-state index is 11.0. The number of ether oxygens (including phenoxy) is 1. The van der Waals surface area contributed by atoms with E-state index in [1.54, 1.807) is 0 Å². The number of aromatic amines is 1. The van der Waals surface area contributed by atoms with Crippen LogP contribution < -0.4 is 0 Å². The summed E-state index contributed by atoms with van der Waals surface area (Å²) in [6.45, 7) is 2.33. The molecular formula is C14H14ClNO3. The number of nitrogens with one attached hydrogen (secondary N) is 1. The maximum atomic E-state index is 11.0. The van der Waals surface area contributed by atoms with Crippen molar-refractivity contribution < 1.29 is 14.6 Å². The molecule has 3 rings (SSSR count). The summed E-state index contributed by atoms with van der Waals surface area (Å²) in [7, 11) is 0. The zero-order chi connectivity index (χ0) is 13.6. The lowest BCUT2D eigenvalue weighted by molar-refractivity contribution is -0.146. The molecule has 2 heterocycles. The largest absolute Gasteiger partial charge is 0.481 e. The molecular weight excluding hydrogens is 266 g/mol. The van der Waals surface area contributed by atoms with Crippen LogP contribution in [0.15, 0.2) is 18.2 Å². The van der Waals surface area contributed by atoms with Crippen LogP contribution >= 0.6 is 11.6 Å². The van der Waals surface area contributed by atoms with Gasteiger partial charge in [-0.15, -0.1) is 0 Å². The Morgan fingerprint density at radius 2 is 2.37 bits per heavy atom. The number of hydrogen-bond acceptors (Lipinski definition) is 2. The van der Waals surface area contributed by atoms with Gasteiger partial charge in [-0.05, 0) is 25.0 Å². The topological polar surface area (TPSA) is 62.3 Å². The third-order valence-electron chi connectivity index (χ3n) is 3.68. The van der Waals surface area contributed by atoms with Crippen molar-refractivity contribution in [3.8, 4) is 0 Å². The molecule has 1 aliphatic heterocycles. The smallest absolute Gasteiger partial charge is 0.306 e. The van der Waals surface area contributed by atoms with E-state index in [0.717, 1.165) is 28.6 Å². The fourth-order valence-corrected chi connectivity index (χ4v) is 3.05. The number of carboxylic acid groups (broad SMARTS) is 1. The van der Waals surface area contributed by atoms with Crippen LogP contribution in [-0.2, 0) is 21.6 Å².